The van der Waals surface area contributed by atoms with E-state index in [1.807, 2.05) is 7.05 Å². The third kappa shape index (κ3) is 3.89. The molecular formula is C13H21BrN2. The highest BCUT2D eigenvalue weighted by atomic mass is 79.9. The average Bonchev–Trinajstić information content (AvgIpc) is 2.29. The highest BCUT2D eigenvalue weighted by molar-refractivity contribution is 9.10. The van der Waals surface area contributed by atoms with Crippen LogP contribution in [0.3, 0.4) is 0 Å². The summed E-state index contributed by atoms with van der Waals surface area (Å²) in [6, 6.07) is 6.62. The Kier molecular flexibility index (Phi) is 6.03. The van der Waals surface area contributed by atoms with Gasteiger partial charge in [-0.25, -0.2) is 0 Å². The van der Waals surface area contributed by atoms with Crippen LogP contribution in [0.5, 0.6) is 0 Å². The maximum atomic E-state index is 3.65. The van der Waals surface area contributed by atoms with E-state index in [4.69, 9.17) is 0 Å². The number of nitrogens with one attached hydrogen (secondary N) is 1. The lowest BCUT2D eigenvalue weighted by Crippen LogP contribution is -2.22. The van der Waals surface area contributed by atoms with Crippen LogP contribution >= 0.6 is 15.9 Å². The van der Waals surface area contributed by atoms with Crippen LogP contribution in [0.25, 0.3) is 0 Å². The van der Waals surface area contributed by atoms with Crippen molar-refractivity contribution in [2.24, 2.45) is 0 Å². The molecule has 0 aliphatic carbocycles. The van der Waals surface area contributed by atoms with Crippen molar-refractivity contribution in [1.82, 2.24) is 10.2 Å². The number of nitrogens with zero attached hydrogens (tertiary/aromatic N) is 1. The van der Waals surface area contributed by atoms with Gasteiger partial charge in [-0.2, -0.15) is 0 Å². The fourth-order valence-electron chi connectivity index (χ4n) is 1.72. The quantitative estimate of drug-likeness (QED) is 0.864. The number of benzene rings is 1. The molecule has 0 saturated heterocycles. The molecule has 16 heavy (non-hydrogen) atoms. The lowest BCUT2D eigenvalue weighted by atomic mass is 10.1. The summed E-state index contributed by atoms with van der Waals surface area (Å²) < 4.78 is 1.21. The first-order valence-electron chi connectivity index (χ1n) is 5.85. The summed E-state index contributed by atoms with van der Waals surface area (Å²) in [4.78, 5) is 2.41. The summed E-state index contributed by atoms with van der Waals surface area (Å²) in [6.07, 6.45) is 0. The van der Waals surface area contributed by atoms with Gasteiger partial charge < -0.3 is 5.32 Å². The lowest BCUT2D eigenvalue weighted by molar-refractivity contribution is 0.295. The Labute approximate surface area is 107 Å². The van der Waals surface area contributed by atoms with Gasteiger partial charge in [-0.3, -0.25) is 4.90 Å². The van der Waals surface area contributed by atoms with Crippen molar-refractivity contribution in [2.75, 3.05) is 20.1 Å². The minimum absolute atomic E-state index is 0.921. The molecule has 0 aliphatic heterocycles. The maximum absolute atomic E-state index is 3.65. The Morgan fingerprint density at radius 1 is 1.25 bits per heavy atom. The molecule has 90 valence electrons. The van der Waals surface area contributed by atoms with Gasteiger partial charge in [0.1, 0.15) is 0 Å². The molecule has 0 radical (unpaired) electrons. The Bertz CT molecular complexity index is 322. The molecular weight excluding hydrogens is 264 g/mol. The minimum atomic E-state index is 0.921. The number of rotatable bonds is 6. The van der Waals surface area contributed by atoms with Crippen molar-refractivity contribution in [3.8, 4) is 0 Å². The van der Waals surface area contributed by atoms with Gasteiger partial charge in [0.25, 0.3) is 0 Å². The molecule has 1 N–H and O–H groups in total. The fraction of sp³-hybridized carbons (Fsp3) is 0.538. The van der Waals surface area contributed by atoms with Crippen molar-refractivity contribution in [1.29, 1.82) is 0 Å². The summed E-state index contributed by atoms with van der Waals surface area (Å²) in [7, 11) is 1.97. The fourth-order valence-corrected chi connectivity index (χ4v) is 2.27. The molecule has 1 aromatic rings. The first-order valence-corrected chi connectivity index (χ1v) is 6.64. The number of hydrogen-bond donors (Lipinski definition) is 1. The van der Waals surface area contributed by atoms with Crippen LogP contribution in [0.2, 0.25) is 0 Å². The molecule has 0 bridgehead atoms. The number of hydrogen-bond acceptors (Lipinski definition) is 2. The van der Waals surface area contributed by atoms with Gasteiger partial charge in [-0.05, 0) is 37.3 Å². The summed E-state index contributed by atoms with van der Waals surface area (Å²) in [5.41, 5.74) is 2.68. The Hall–Kier alpha value is -0.380. The van der Waals surface area contributed by atoms with Crippen LogP contribution in [0.4, 0.5) is 0 Å². The Morgan fingerprint density at radius 3 is 2.44 bits per heavy atom. The molecule has 0 amide bonds. The Balaban J connectivity index is 2.74. The molecule has 0 atom stereocenters. The standard InChI is InChI=1S/C13H21BrN2/c1-4-16(5-2)10-12-7-6-11(9-15-3)8-13(12)14/h6-8,15H,4-5,9-10H2,1-3H3. The van der Waals surface area contributed by atoms with E-state index >= 15 is 0 Å². The van der Waals surface area contributed by atoms with Gasteiger partial charge in [0.15, 0.2) is 0 Å². The van der Waals surface area contributed by atoms with Crippen LogP contribution in [0.1, 0.15) is 25.0 Å². The van der Waals surface area contributed by atoms with Crippen molar-refractivity contribution >= 4 is 15.9 Å². The Morgan fingerprint density at radius 2 is 1.94 bits per heavy atom. The van der Waals surface area contributed by atoms with Gasteiger partial charge in [0, 0.05) is 17.6 Å². The zero-order chi connectivity index (χ0) is 12.0. The smallest absolute Gasteiger partial charge is 0.0244 e. The third-order valence-corrected chi connectivity index (χ3v) is 3.52. The van der Waals surface area contributed by atoms with Crippen LogP contribution in [0, 0.1) is 0 Å². The van der Waals surface area contributed by atoms with Crippen LogP contribution in [-0.2, 0) is 13.1 Å². The molecule has 0 aliphatic rings. The summed E-state index contributed by atoms with van der Waals surface area (Å²) in [6.45, 7) is 8.54. The lowest BCUT2D eigenvalue weighted by Gasteiger charge is -2.19. The second-order valence-electron chi connectivity index (χ2n) is 3.92. The third-order valence-electron chi connectivity index (χ3n) is 2.79. The van der Waals surface area contributed by atoms with E-state index in [1.165, 1.54) is 15.6 Å². The van der Waals surface area contributed by atoms with E-state index < -0.39 is 0 Å². The zero-order valence-corrected chi connectivity index (χ0v) is 12.0. The largest absolute Gasteiger partial charge is 0.316 e. The molecule has 3 heteroatoms. The van der Waals surface area contributed by atoms with Gasteiger partial charge in [0.05, 0.1) is 0 Å². The van der Waals surface area contributed by atoms with E-state index in [1.54, 1.807) is 0 Å². The zero-order valence-electron chi connectivity index (χ0n) is 10.4. The second kappa shape index (κ2) is 7.05. The molecule has 0 aromatic heterocycles. The van der Waals surface area contributed by atoms with E-state index in [-0.39, 0.29) is 0 Å². The van der Waals surface area contributed by atoms with E-state index in [2.05, 4.69) is 58.2 Å². The maximum Gasteiger partial charge on any atom is 0.0244 e. The van der Waals surface area contributed by atoms with E-state index in [0.29, 0.717) is 0 Å². The number of halogens is 1. The van der Waals surface area contributed by atoms with Crippen molar-refractivity contribution in [3.63, 3.8) is 0 Å². The molecule has 1 aromatic carbocycles. The normalized spacial score (nSPS) is 11.1. The highest BCUT2D eigenvalue weighted by Gasteiger charge is 2.05. The average molecular weight is 285 g/mol. The van der Waals surface area contributed by atoms with Crippen LogP contribution in [0.15, 0.2) is 22.7 Å². The van der Waals surface area contributed by atoms with E-state index in [0.717, 1.165) is 26.2 Å². The summed E-state index contributed by atoms with van der Waals surface area (Å²) >= 11 is 3.65. The van der Waals surface area contributed by atoms with Crippen molar-refractivity contribution in [2.45, 2.75) is 26.9 Å². The predicted molar refractivity (Wildman–Crippen MR) is 73.5 cm³/mol. The monoisotopic (exact) mass is 284 g/mol. The molecule has 0 unspecified atom stereocenters. The first-order chi connectivity index (χ1) is 7.71. The van der Waals surface area contributed by atoms with Crippen molar-refractivity contribution in [3.05, 3.63) is 33.8 Å². The molecule has 0 fully saturated rings. The predicted octanol–water partition coefficient (Wildman–Crippen LogP) is 3.01. The SMILES string of the molecule is CCN(CC)Cc1ccc(CNC)cc1Br. The van der Waals surface area contributed by atoms with E-state index in [9.17, 15) is 0 Å². The molecule has 0 saturated carbocycles. The van der Waals surface area contributed by atoms with Gasteiger partial charge in [-0.1, -0.05) is 41.9 Å². The topological polar surface area (TPSA) is 15.3 Å². The molecule has 0 spiro atoms. The van der Waals surface area contributed by atoms with Crippen LogP contribution < -0.4 is 5.32 Å². The summed E-state index contributed by atoms with van der Waals surface area (Å²) in [5.74, 6) is 0. The first kappa shape index (κ1) is 13.7. The summed E-state index contributed by atoms with van der Waals surface area (Å²) in [5, 5.41) is 3.16. The molecule has 0 heterocycles. The van der Waals surface area contributed by atoms with Gasteiger partial charge in [0.2, 0.25) is 0 Å². The minimum Gasteiger partial charge on any atom is -0.316 e. The highest BCUT2D eigenvalue weighted by Crippen LogP contribution is 2.20. The molecule has 1 rings (SSSR count). The molecule has 2 nitrogen and oxygen atoms in total. The van der Waals surface area contributed by atoms with Gasteiger partial charge in [-0.15, -0.1) is 0 Å². The van der Waals surface area contributed by atoms with Crippen LogP contribution in [-0.4, -0.2) is 25.0 Å². The van der Waals surface area contributed by atoms with Crippen molar-refractivity contribution < 1.29 is 0 Å². The van der Waals surface area contributed by atoms with Gasteiger partial charge >= 0.3 is 0 Å². The second-order valence-corrected chi connectivity index (χ2v) is 4.77.